The summed E-state index contributed by atoms with van der Waals surface area (Å²) in [6.45, 7) is 6.16. The third kappa shape index (κ3) is 5.96. The average molecular weight is 429 g/mol. The Kier molecular flexibility index (Phi) is 6.83. The average Bonchev–Trinajstić information content (AvgIpc) is 2.71. The van der Waals surface area contributed by atoms with Crippen molar-refractivity contribution in [3.8, 4) is 5.75 Å². The van der Waals surface area contributed by atoms with Gasteiger partial charge in [0.2, 0.25) is 0 Å². The van der Waals surface area contributed by atoms with Crippen LogP contribution in [0, 0.1) is 5.82 Å². The van der Waals surface area contributed by atoms with Gasteiger partial charge in [0, 0.05) is 6.54 Å². The minimum atomic E-state index is -0.634. The third-order valence-electron chi connectivity index (χ3n) is 5.01. The zero-order chi connectivity index (χ0) is 22.6. The largest absolute Gasteiger partial charge is 0.489 e. The van der Waals surface area contributed by atoms with Crippen molar-refractivity contribution in [2.45, 2.75) is 51.9 Å². The number of carbonyl (C=O) groups excluding carboxylic acids is 2. The second kappa shape index (κ2) is 9.37. The predicted molar refractivity (Wildman–Crippen MR) is 113 cm³/mol. The molecular formula is C24H28FNO5. The van der Waals surface area contributed by atoms with Crippen molar-refractivity contribution in [2.24, 2.45) is 0 Å². The molecule has 2 aromatic carbocycles. The van der Waals surface area contributed by atoms with E-state index in [1.165, 1.54) is 19.2 Å². The Hall–Kier alpha value is -3.09. The van der Waals surface area contributed by atoms with Crippen molar-refractivity contribution in [1.82, 2.24) is 4.90 Å². The first kappa shape index (κ1) is 22.6. The van der Waals surface area contributed by atoms with Gasteiger partial charge < -0.3 is 19.1 Å². The van der Waals surface area contributed by atoms with Crippen LogP contribution < -0.4 is 4.74 Å². The number of amides is 1. The highest BCUT2D eigenvalue weighted by Gasteiger charge is 2.35. The van der Waals surface area contributed by atoms with Crippen molar-refractivity contribution in [3.05, 3.63) is 65.0 Å². The van der Waals surface area contributed by atoms with Crippen LogP contribution in [-0.2, 0) is 27.3 Å². The molecule has 0 N–H and O–H groups in total. The number of hydrogen-bond acceptors (Lipinski definition) is 5. The Bertz CT molecular complexity index is 936. The molecule has 2 aromatic rings. The first-order valence-corrected chi connectivity index (χ1v) is 10.2. The quantitative estimate of drug-likeness (QED) is 0.639. The zero-order valence-electron chi connectivity index (χ0n) is 18.3. The Labute approximate surface area is 181 Å². The second-order valence-electron chi connectivity index (χ2n) is 8.50. The molecule has 0 aliphatic carbocycles. The monoisotopic (exact) mass is 429 g/mol. The van der Waals surface area contributed by atoms with E-state index in [-0.39, 0.29) is 12.2 Å². The van der Waals surface area contributed by atoms with Crippen LogP contribution >= 0.6 is 0 Å². The number of rotatable bonds is 5. The first-order valence-electron chi connectivity index (χ1n) is 10.2. The molecule has 0 saturated carbocycles. The summed E-state index contributed by atoms with van der Waals surface area (Å²) in [5, 5.41) is 0. The molecule has 1 amide bonds. The minimum absolute atomic E-state index is 0.0402. The van der Waals surface area contributed by atoms with Crippen LogP contribution in [-0.4, -0.2) is 36.2 Å². The lowest BCUT2D eigenvalue weighted by atomic mass is 9.90. The van der Waals surface area contributed by atoms with Gasteiger partial charge in [0.05, 0.1) is 19.6 Å². The van der Waals surface area contributed by atoms with E-state index in [2.05, 4.69) is 0 Å². The second-order valence-corrected chi connectivity index (χ2v) is 8.50. The van der Waals surface area contributed by atoms with Crippen LogP contribution in [0.1, 0.15) is 49.9 Å². The standard InChI is InChI=1S/C24H28FNO5/c1-24(2,3)31-23(28)26-12-11-17-13-19(30-15-16-5-7-18(25)8-6-16)9-10-20(17)21(26)14-22(27)29-4/h5-10,13,21H,11-12,14-15H2,1-4H3/t21-/m0/s1. The minimum Gasteiger partial charge on any atom is -0.489 e. The van der Waals surface area contributed by atoms with Crippen molar-refractivity contribution in [1.29, 1.82) is 0 Å². The summed E-state index contributed by atoms with van der Waals surface area (Å²) >= 11 is 0. The number of carbonyl (C=O) groups is 2. The molecule has 1 aliphatic heterocycles. The summed E-state index contributed by atoms with van der Waals surface area (Å²) in [6.07, 6.45) is 0.196. The fraction of sp³-hybridized carbons (Fsp3) is 0.417. The van der Waals surface area contributed by atoms with E-state index >= 15 is 0 Å². The molecule has 0 unspecified atom stereocenters. The lowest BCUT2D eigenvalue weighted by molar-refractivity contribution is -0.142. The molecule has 1 atom stereocenters. The molecule has 3 rings (SSSR count). The number of nitrogens with zero attached hydrogens (tertiary/aromatic N) is 1. The Morgan fingerprint density at radius 1 is 1.13 bits per heavy atom. The molecule has 0 radical (unpaired) electrons. The Balaban J connectivity index is 1.79. The van der Waals surface area contributed by atoms with Crippen LogP contribution in [0.5, 0.6) is 5.75 Å². The highest BCUT2D eigenvalue weighted by molar-refractivity contribution is 5.74. The summed E-state index contributed by atoms with van der Waals surface area (Å²) < 4.78 is 29.3. The maximum atomic E-state index is 13.1. The summed E-state index contributed by atoms with van der Waals surface area (Å²) in [7, 11) is 1.33. The van der Waals surface area contributed by atoms with E-state index in [0.717, 1.165) is 16.7 Å². The number of fused-ring (bicyclic) bond motifs is 1. The van der Waals surface area contributed by atoms with Gasteiger partial charge in [-0.2, -0.15) is 0 Å². The topological polar surface area (TPSA) is 65.1 Å². The van der Waals surface area contributed by atoms with E-state index in [0.29, 0.717) is 25.3 Å². The fourth-order valence-electron chi connectivity index (χ4n) is 3.53. The van der Waals surface area contributed by atoms with Gasteiger partial charge >= 0.3 is 12.1 Å². The molecule has 1 heterocycles. The number of methoxy groups -OCH3 is 1. The highest BCUT2D eigenvalue weighted by Crippen LogP contribution is 2.35. The van der Waals surface area contributed by atoms with Gasteiger partial charge in [0.15, 0.2) is 0 Å². The van der Waals surface area contributed by atoms with Crippen molar-refractivity contribution >= 4 is 12.1 Å². The van der Waals surface area contributed by atoms with Gasteiger partial charge in [-0.1, -0.05) is 18.2 Å². The molecule has 0 spiro atoms. The van der Waals surface area contributed by atoms with Gasteiger partial charge in [-0.15, -0.1) is 0 Å². The maximum absolute atomic E-state index is 13.1. The summed E-state index contributed by atoms with van der Waals surface area (Å²) in [4.78, 5) is 26.4. The number of benzene rings is 2. The van der Waals surface area contributed by atoms with Gasteiger partial charge in [-0.05, 0) is 68.1 Å². The first-order chi connectivity index (χ1) is 14.7. The summed E-state index contributed by atoms with van der Waals surface area (Å²) in [5.74, 6) is -0.0163. The fourth-order valence-corrected chi connectivity index (χ4v) is 3.53. The van der Waals surface area contributed by atoms with Crippen molar-refractivity contribution in [3.63, 3.8) is 0 Å². The predicted octanol–water partition coefficient (Wildman–Crippen LogP) is 4.80. The SMILES string of the molecule is COC(=O)C[C@H]1c2ccc(OCc3ccc(F)cc3)cc2CCN1C(=O)OC(C)(C)C. The molecule has 7 heteroatoms. The van der Waals surface area contributed by atoms with Crippen LogP contribution in [0.4, 0.5) is 9.18 Å². The molecule has 0 saturated heterocycles. The number of ether oxygens (including phenoxy) is 3. The summed E-state index contributed by atoms with van der Waals surface area (Å²) in [6, 6.07) is 11.3. The van der Waals surface area contributed by atoms with Gasteiger partial charge in [0.25, 0.3) is 0 Å². The Morgan fingerprint density at radius 2 is 1.84 bits per heavy atom. The molecule has 0 bridgehead atoms. The molecule has 31 heavy (non-hydrogen) atoms. The van der Waals surface area contributed by atoms with E-state index < -0.39 is 23.7 Å². The van der Waals surface area contributed by atoms with Crippen molar-refractivity contribution in [2.75, 3.05) is 13.7 Å². The highest BCUT2D eigenvalue weighted by atomic mass is 19.1. The number of halogens is 1. The number of hydrogen-bond donors (Lipinski definition) is 0. The summed E-state index contributed by atoms with van der Waals surface area (Å²) in [5.41, 5.74) is 2.10. The smallest absolute Gasteiger partial charge is 0.410 e. The van der Waals surface area contributed by atoms with Crippen LogP contribution in [0.25, 0.3) is 0 Å². The zero-order valence-corrected chi connectivity index (χ0v) is 18.3. The van der Waals surface area contributed by atoms with Gasteiger partial charge in [0.1, 0.15) is 23.8 Å². The van der Waals surface area contributed by atoms with Crippen LogP contribution in [0.2, 0.25) is 0 Å². The van der Waals surface area contributed by atoms with E-state index in [9.17, 15) is 14.0 Å². The lowest BCUT2D eigenvalue weighted by Gasteiger charge is -2.37. The van der Waals surface area contributed by atoms with Gasteiger partial charge in [-0.25, -0.2) is 9.18 Å². The number of esters is 1. The lowest BCUT2D eigenvalue weighted by Crippen LogP contribution is -2.43. The molecule has 0 aromatic heterocycles. The molecule has 6 nitrogen and oxygen atoms in total. The molecule has 0 fully saturated rings. The third-order valence-corrected chi connectivity index (χ3v) is 5.01. The maximum Gasteiger partial charge on any atom is 0.410 e. The van der Waals surface area contributed by atoms with E-state index in [1.807, 2.05) is 39.0 Å². The van der Waals surface area contributed by atoms with E-state index in [4.69, 9.17) is 14.2 Å². The van der Waals surface area contributed by atoms with Crippen LogP contribution in [0.3, 0.4) is 0 Å². The molecular weight excluding hydrogens is 401 g/mol. The van der Waals surface area contributed by atoms with Crippen LogP contribution in [0.15, 0.2) is 42.5 Å². The van der Waals surface area contributed by atoms with Gasteiger partial charge in [-0.3, -0.25) is 4.79 Å². The Morgan fingerprint density at radius 3 is 2.48 bits per heavy atom. The molecule has 1 aliphatic rings. The van der Waals surface area contributed by atoms with E-state index in [1.54, 1.807) is 17.0 Å². The normalized spacial score (nSPS) is 15.8. The molecule has 166 valence electrons. The van der Waals surface area contributed by atoms with Crippen molar-refractivity contribution < 1.29 is 28.2 Å².